The van der Waals surface area contributed by atoms with Crippen LogP contribution in [0.4, 0.5) is 0 Å². The van der Waals surface area contributed by atoms with Gasteiger partial charge in [-0.25, -0.2) is 4.98 Å². The zero-order chi connectivity index (χ0) is 15.0. The van der Waals surface area contributed by atoms with Gasteiger partial charge >= 0.3 is 0 Å². The first-order chi connectivity index (χ1) is 10.1. The third-order valence-corrected chi connectivity index (χ3v) is 4.22. The number of aromatic nitrogens is 4. The Hall–Kier alpha value is -1.07. The Labute approximate surface area is 130 Å². The average Bonchev–Trinajstić information content (AvgIpc) is 3.11. The Kier molecular flexibility index (Phi) is 4.22. The lowest BCUT2D eigenvalue weighted by Crippen LogP contribution is -2.13. The van der Waals surface area contributed by atoms with E-state index in [1.807, 2.05) is 18.7 Å². The van der Waals surface area contributed by atoms with E-state index in [9.17, 15) is 0 Å². The van der Waals surface area contributed by atoms with Crippen LogP contribution in [0.1, 0.15) is 43.6 Å². The first-order valence-electron chi connectivity index (χ1n) is 7.75. The van der Waals surface area contributed by atoms with Crippen molar-refractivity contribution in [3.8, 4) is 0 Å². The van der Waals surface area contributed by atoms with Gasteiger partial charge in [0.1, 0.15) is 11.3 Å². The van der Waals surface area contributed by atoms with Crippen molar-refractivity contribution in [1.29, 1.82) is 0 Å². The normalized spacial score (nSPS) is 16.8. The minimum Gasteiger partial charge on any atom is -0.379 e. The minimum atomic E-state index is -0.120. The summed E-state index contributed by atoms with van der Waals surface area (Å²) >= 11 is 6.30. The second kappa shape index (κ2) is 5.97. The van der Waals surface area contributed by atoms with E-state index in [0.717, 1.165) is 48.2 Å². The van der Waals surface area contributed by atoms with Crippen LogP contribution in [-0.2, 0) is 24.8 Å². The van der Waals surface area contributed by atoms with Crippen LogP contribution in [-0.4, -0.2) is 32.5 Å². The van der Waals surface area contributed by atoms with Gasteiger partial charge < -0.3 is 9.30 Å². The van der Waals surface area contributed by atoms with E-state index in [1.54, 1.807) is 0 Å². The predicted octanol–water partition coefficient (Wildman–Crippen LogP) is 3.06. The maximum Gasteiger partial charge on any atom is 0.158 e. The van der Waals surface area contributed by atoms with Gasteiger partial charge in [0, 0.05) is 20.2 Å². The quantitative estimate of drug-likeness (QED) is 0.583. The number of ether oxygens (including phenoxy) is 1. The number of aryl methyl sites for hydroxylation is 2. The average molecular weight is 311 g/mol. The lowest BCUT2D eigenvalue weighted by molar-refractivity contribution is 0.117. The smallest absolute Gasteiger partial charge is 0.158 e. The zero-order valence-corrected chi connectivity index (χ0v) is 13.7. The summed E-state index contributed by atoms with van der Waals surface area (Å²) in [6.45, 7) is 6.42. The molecule has 116 valence electrons. The molecular formula is C15H23ClN4O. The van der Waals surface area contributed by atoms with Crippen molar-refractivity contribution in [2.24, 2.45) is 13.0 Å². The molecule has 0 aliphatic heterocycles. The van der Waals surface area contributed by atoms with E-state index >= 15 is 0 Å². The lowest BCUT2D eigenvalue weighted by Gasteiger charge is -2.11. The van der Waals surface area contributed by atoms with Gasteiger partial charge in [-0.15, -0.1) is 11.6 Å². The van der Waals surface area contributed by atoms with E-state index in [-0.39, 0.29) is 5.38 Å². The minimum absolute atomic E-state index is 0.120. The van der Waals surface area contributed by atoms with E-state index < -0.39 is 0 Å². The molecule has 3 rings (SSSR count). The highest BCUT2D eigenvalue weighted by atomic mass is 35.5. The van der Waals surface area contributed by atoms with E-state index in [1.165, 1.54) is 12.8 Å². The molecule has 0 saturated heterocycles. The van der Waals surface area contributed by atoms with Crippen LogP contribution < -0.4 is 0 Å². The summed E-state index contributed by atoms with van der Waals surface area (Å²) in [5.74, 6) is 1.70. The van der Waals surface area contributed by atoms with Crippen molar-refractivity contribution in [2.75, 3.05) is 13.2 Å². The molecule has 0 radical (unpaired) electrons. The molecule has 1 atom stereocenters. The predicted molar refractivity (Wildman–Crippen MR) is 83.7 cm³/mol. The Morgan fingerprint density at radius 2 is 2.19 bits per heavy atom. The molecule has 2 heterocycles. The van der Waals surface area contributed by atoms with Gasteiger partial charge in [-0.1, -0.05) is 6.92 Å². The highest BCUT2D eigenvalue weighted by Crippen LogP contribution is 2.29. The van der Waals surface area contributed by atoms with E-state index in [0.29, 0.717) is 6.61 Å². The molecule has 0 bridgehead atoms. The third kappa shape index (κ3) is 2.94. The largest absolute Gasteiger partial charge is 0.379 e. The van der Waals surface area contributed by atoms with Crippen LogP contribution in [0.2, 0.25) is 0 Å². The zero-order valence-electron chi connectivity index (χ0n) is 13.0. The molecule has 0 N–H and O–H groups in total. The molecule has 6 heteroatoms. The Morgan fingerprint density at radius 1 is 1.43 bits per heavy atom. The fourth-order valence-electron chi connectivity index (χ4n) is 2.71. The maximum atomic E-state index is 6.30. The molecule has 0 spiro atoms. The van der Waals surface area contributed by atoms with Gasteiger partial charge in [0.25, 0.3) is 0 Å². The van der Waals surface area contributed by atoms with Gasteiger partial charge in [-0.2, -0.15) is 5.10 Å². The summed E-state index contributed by atoms with van der Waals surface area (Å²) in [5, 5.41) is 4.43. The molecule has 2 aromatic rings. The van der Waals surface area contributed by atoms with Crippen molar-refractivity contribution in [2.45, 2.75) is 45.0 Å². The first-order valence-corrected chi connectivity index (χ1v) is 8.19. The summed E-state index contributed by atoms with van der Waals surface area (Å²) in [5.41, 5.74) is 3.05. The number of fused-ring (bicyclic) bond motifs is 1. The highest BCUT2D eigenvalue weighted by molar-refractivity contribution is 6.20. The summed E-state index contributed by atoms with van der Waals surface area (Å²) < 4.78 is 9.83. The fourth-order valence-corrected chi connectivity index (χ4v) is 2.88. The number of rotatable bonds is 7. The second-order valence-corrected chi connectivity index (χ2v) is 6.51. The number of hydrogen-bond donors (Lipinski definition) is 0. The SMILES string of the molecule is CCc1nn(C)c2c1nc(C(C)Cl)n2CCOCC1CC1. The first kappa shape index (κ1) is 14.9. The van der Waals surface area contributed by atoms with E-state index in [4.69, 9.17) is 21.3 Å². The Morgan fingerprint density at radius 3 is 2.81 bits per heavy atom. The standard InChI is InChI=1S/C15H23ClN4O/c1-4-12-13-15(19(3)18-12)20(14(17-13)10(2)16)7-8-21-9-11-5-6-11/h10-11H,4-9H2,1-3H3. The summed E-state index contributed by atoms with van der Waals surface area (Å²) in [6.07, 6.45) is 3.52. The van der Waals surface area contributed by atoms with Gasteiger partial charge in [0.2, 0.25) is 0 Å². The third-order valence-electron chi connectivity index (χ3n) is 4.02. The molecule has 1 saturated carbocycles. The summed E-state index contributed by atoms with van der Waals surface area (Å²) in [6, 6.07) is 0. The molecule has 1 unspecified atom stereocenters. The maximum absolute atomic E-state index is 6.30. The molecule has 0 amide bonds. The number of imidazole rings is 1. The number of halogens is 1. The van der Waals surface area contributed by atoms with E-state index in [2.05, 4.69) is 16.6 Å². The van der Waals surface area contributed by atoms with Crippen LogP contribution in [0.5, 0.6) is 0 Å². The van der Waals surface area contributed by atoms with Crippen LogP contribution in [0, 0.1) is 5.92 Å². The van der Waals surface area contributed by atoms with Crippen LogP contribution in [0.3, 0.4) is 0 Å². The van der Waals surface area contributed by atoms with Crippen molar-refractivity contribution >= 4 is 22.8 Å². The van der Waals surface area contributed by atoms with Gasteiger partial charge in [0.15, 0.2) is 5.65 Å². The molecule has 5 nitrogen and oxygen atoms in total. The van der Waals surface area contributed by atoms with Gasteiger partial charge in [0.05, 0.1) is 17.7 Å². The van der Waals surface area contributed by atoms with Crippen LogP contribution >= 0.6 is 11.6 Å². The van der Waals surface area contributed by atoms with Crippen molar-refractivity contribution < 1.29 is 4.74 Å². The fraction of sp³-hybridized carbons (Fsp3) is 0.733. The summed E-state index contributed by atoms with van der Waals surface area (Å²) in [7, 11) is 1.97. The number of hydrogen-bond acceptors (Lipinski definition) is 3. The molecular weight excluding hydrogens is 288 g/mol. The molecule has 1 aliphatic carbocycles. The Balaban J connectivity index is 1.85. The molecule has 1 aliphatic rings. The van der Waals surface area contributed by atoms with Crippen molar-refractivity contribution in [3.05, 3.63) is 11.5 Å². The summed E-state index contributed by atoms with van der Waals surface area (Å²) in [4.78, 5) is 4.72. The van der Waals surface area contributed by atoms with Gasteiger partial charge in [-0.05, 0) is 32.1 Å². The molecule has 21 heavy (non-hydrogen) atoms. The van der Waals surface area contributed by atoms with Gasteiger partial charge in [-0.3, -0.25) is 4.68 Å². The monoisotopic (exact) mass is 310 g/mol. The number of nitrogens with zero attached hydrogens (tertiary/aromatic N) is 4. The lowest BCUT2D eigenvalue weighted by atomic mass is 10.3. The van der Waals surface area contributed by atoms with Crippen molar-refractivity contribution in [1.82, 2.24) is 19.3 Å². The van der Waals surface area contributed by atoms with Crippen LogP contribution in [0.25, 0.3) is 11.2 Å². The van der Waals surface area contributed by atoms with Crippen LogP contribution in [0.15, 0.2) is 0 Å². The molecule has 0 aromatic carbocycles. The topological polar surface area (TPSA) is 44.9 Å². The highest BCUT2D eigenvalue weighted by Gasteiger charge is 2.22. The Bertz CT molecular complexity index is 627. The second-order valence-electron chi connectivity index (χ2n) is 5.85. The molecule has 2 aromatic heterocycles. The van der Waals surface area contributed by atoms with Crippen molar-refractivity contribution in [3.63, 3.8) is 0 Å². The molecule has 1 fully saturated rings. The number of alkyl halides is 1.